The standard InChI is InChI=1S/C17H19N3O2/c1-3-22-14-8-6-13(7-9-14)16-19-15-5-4-10-18-17(15)20(16)11-12-21-2/h4-10H,3,11-12H2,1-2H3. The van der Waals surface area contributed by atoms with E-state index >= 15 is 0 Å². The van der Waals surface area contributed by atoms with Crippen molar-refractivity contribution in [3.8, 4) is 17.1 Å². The van der Waals surface area contributed by atoms with Crippen molar-refractivity contribution in [2.24, 2.45) is 0 Å². The smallest absolute Gasteiger partial charge is 0.160 e. The summed E-state index contributed by atoms with van der Waals surface area (Å²) < 4.78 is 12.8. The zero-order valence-electron chi connectivity index (χ0n) is 12.8. The Morgan fingerprint density at radius 3 is 2.68 bits per heavy atom. The number of methoxy groups -OCH3 is 1. The fraction of sp³-hybridized carbons (Fsp3) is 0.294. The van der Waals surface area contributed by atoms with E-state index in [1.807, 2.05) is 43.3 Å². The van der Waals surface area contributed by atoms with Crippen molar-refractivity contribution in [3.05, 3.63) is 42.6 Å². The number of nitrogens with zero attached hydrogens (tertiary/aromatic N) is 3. The van der Waals surface area contributed by atoms with Gasteiger partial charge in [0.15, 0.2) is 5.65 Å². The largest absolute Gasteiger partial charge is 0.494 e. The Balaban J connectivity index is 2.04. The molecule has 0 aliphatic rings. The molecule has 2 heterocycles. The first-order valence-electron chi connectivity index (χ1n) is 7.37. The van der Waals surface area contributed by atoms with Gasteiger partial charge in [0.05, 0.1) is 13.2 Å². The maximum Gasteiger partial charge on any atom is 0.160 e. The van der Waals surface area contributed by atoms with E-state index in [4.69, 9.17) is 14.5 Å². The Morgan fingerprint density at radius 1 is 1.14 bits per heavy atom. The normalized spacial score (nSPS) is 11.0. The molecular formula is C17H19N3O2. The highest BCUT2D eigenvalue weighted by Crippen LogP contribution is 2.25. The molecule has 0 N–H and O–H groups in total. The summed E-state index contributed by atoms with van der Waals surface area (Å²) in [5, 5.41) is 0. The van der Waals surface area contributed by atoms with Gasteiger partial charge in [-0.05, 0) is 43.3 Å². The summed E-state index contributed by atoms with van der Waals surface area (Å²) in [4.78, 5) is 9.16. The molecule has 0 atom stereocenters. The maximum absolute atomic E-state index is 5.49. The topological polar surface area (TPSA) is 49.2 Å². The first kappa shape index (κ1) is 14.5. The zero-order valence-corrected chi connectivity index (χ0v) is 12.8. The number of benzene rings is 1. The van der Waals surface area contributed by atoms with Gasteiger partial charge in [-0.2, -0.15) is 0 Å². The van der Waals surface area contributed by atoms with Crippen LogP contribution in [0.1, 0.15) is 6.92 Å². The summed E-state index contributed by atoms with van der Waals surface area (Å²) >= 11 is 0. The van der Waals surface area contributed by atoms with E-state index in [1.165, 1.54) is 0 Å². The van der Waals surface area contributed by atoms with Gasteiger partial charge >= 0.3 is 0 Å². The molecule has 5 nitrogen and oxygen atoms in total. The second kappa shape index (κ2) is 6.58. The Morgan fingerprint density at radius 2 is 1.95 bits per heavy atom. The van der Waals surface area contributed by atoms with Crippen LogP contribution in [-0.4, -0.2) is 34.9 Å². The predicted molar refractivity (Wildman–Crippen MR) is 86.0 cm³/mol. The Labute approximate surface area is 129 Å². The van der Waals surface area contributed by atoms with E-state index in [-0.39, 0.29) is 0 Å². The molecule has 0 unspecified atom stereocenters. The van der Waals surface area contributed by atoms with E-state index in [9.17, 15) is 0 Å². The second-order valence-electron chi connectivity index (χ2n) is 4.88. The van der Waals surface area contributed by atoms with Gasteiger partial charge in [-0.3, -0.25) is 0 Å². The number of fused-ring (bicyclic) bond motifs is 1. The molecule has 0 saturated heterocycles. The summed E-state index contributed by atoms with van der Waals surface area (Å²) in [6.45, 7) is 3.97. The highest BCUT2D eigenvalue weighted by Gasteiger charge is 2.13. The van der Waals surface area contributed by atoms with Crippen LogP contribution in [0.3, 0.4) is 0 Å². The van der Waals surface area contributed by atoms with Crippen molar-refractivity contribution in [3.63, 3.8) is 0 Å². The van der Waals surface area contributed by atoms with Crippen molar-refractivity contribution in [2.45, 2.75) is 13.5 Å². The monoisotopic (exact) mass is 297 g/mol. The molecule has 3 aromatic rings. The second-order valence-corrected chi connectivity index (χ2v) is 4.88. The van der Waals surface area contributed by atoms with Gasteiger partial charge in [0.1, 0.15) is 17.1 Å². The number of pyridine rings is 1. The molecule has 114 valence electrons. The number of imidazole rings is 1. The van der Waals surface area contributed by atoms with Gasteiger partial charge in [-0.25, -0.2) is 9.97 Å². The van der Waals surface area contributed by atoms with Gasteiger partial charge in [-0.1, -0.05) is 0 Å². The molecule has 1 aromatic carbocycles. The van der Waals surface area contributed by atoms with Crippen LogP contribution in [0.5, 0.6) is 5.75 Å². The van der Waals surface area contributed by atoms with Crippen molar-refractivity contribution in [1.29, 1.82) is 0 Å². The van der Waals surface area contributed by atoms with Crippen molar-refractivity contribution < 1.29 is 9.47 Å². The molecule has 0 saturated carbocycles. The molecule has 22 heavy (non-hydrogen) atoms. The lowest BCUT2D eigenvalue weighted by Crippen LogP contribution is -2.06. The van der Waals surface area contributed by atoms with Crippen LogP contribution >= 0.6 is 0 Å². The number of aromatic nitrogens is 3. The first-order chi connectivity index (χ1) is 10.8. The molecule has 0 bridgehead atoms. The highest BCUT2D eigenvalue weighted by atomic mass is 16.5. The van der Waals surface area contributed by atoms with Crippen LogP contribution < -0.4 is 4.74 Å². The quantitative estimate of drug-likeness (QED) is 0.701. The van der Waals surface area contributed by atoms with Gasteiger partial charge in [0, 0.05) is 25.4 Å². The fourth-order valence-corrected chi connectivity index (χ4v) is 2.44. The average molecular weight is 297 g/mol. The van der Waals surface area contributed by atoms with Gasteiger partial charge in [0.25, 0.3) is 0 Å². The zero-order chi connectivity index (χ0) is 15.4. The van der Waals surface area contributed by atoms with Gasteiger partial charge in [-0.15, -0.1) is 0 Å². The maximum atomic E-state index is 5.49. The minimum absolute atomic E-state index is 0.617. The molecular weight excluding hydrogens is 278 g/mol. The van der Waals surface area contributed by atoms with Crippen LogP contribution in [0.4, 0.5) is 0 Å². The molecule has 0 aliphatic heterocycles. The van der Waals surface area contributed by atoms with Crippen LogP contribution in [0.15, 0.2) is 42.6 Å². The van der Waals surface area contributed by atoms with E-state index < -0.39 is 0 Å². The summed E-state index contributed by atoms with van der Waals surface area (Å²) in [6.07, 6.45) is 1.79. The highest BCUT2D eigenvalue weighted by molar-refractivity contribution is 5.77. The van der Waals surface area contributed by atoms with E-state index in [0.29, 0.717) is 19.8 Å². The lowest BCUT2D eigenvalue weighted by atomic mass is 10.2. The summed E-state index contributed by atoms with van der Waals surface area (Å²) in [7, 11) is 1.70. The van der Waals surface area contributed by atoms with Crippen molar-refractivity contribution in [1.82, 2.24) is 14.5 Å². The van der Waals surface area contributed by atoms with Crippen molar-refractivity contribution >= 4 is 11.2 Å². The Bertz CT molecular complexity index is 750. The average Bonchev–Trinajstić information content (AvgIpc) is 2.92. The molecule has 0 fully saturated rings. The summed E-state index contributed by atoms with van der Waals surface area (Å²) in [5.74, 6) is 1.76. The van der Waals surface area contributed by atoms with E-state index in [1.54, 1.807) is 13.3 Å². The van der Waals surface area contributed by atoms with Gasteiger partial charge < -0.3 is 14.0 Å². The number of ether oxygens (including phenoxy) is 2. The number of hydrogen-bond acceptors (Lipinski definition) is 4. The van der Waals surface area contributed by atoms with E-state index in [2.05, 4.69) is 9.55 Å². The third-order valence-corrected chi connectivity index (χ3v) is 3.45. The molecule has 0 amide bonds. The van der Waals surface area contributed by atoms with Crippen molar-refractivity contribution in [2.75, 3.05) is 20.3 Å². The third-order valence-electron chi connectivity index (χ3n) is 3.45. The van der Waals surface area contributed by atoms with Crippen LogP contribution in [0.25, 0.3) is 22.6 Å². The SMILES string of the molecule is CCOc1ccc(-c2nc3cccnc3n2CCOC)cc1. The van der Waals surface area contributed by atoms with Crippen LogP contribution in [0, 0.1) is 0 Å². The summed E-state index contributed by atoms with van der Waals surface area (Å²) in [5.41, 5.74) is 2.81. The minimum atomic E-state index is 0.617. The Kier molecular flexibility index (Phi) is 4.34. The predicted octanol–water partition coefficient (Wildman–Crippen LogP) is 3.14. The van der Waals surface area contributed by atoms with Crippen LogP contribution in [-0.2, 0) is 11.3 Å². The molecule has 0 spiro atoms. The molecule has 0 radical (unpaired) electrons. The van der Waals surface area contributed by atoms with Crippen LogP contribution in [0.2, 0.25) is 0 Å². The van der Waals surface area contributed by atoms with Gasteiger partial charge in [0.2, 0.25) is 0 Å². The minimum Gasteiger partial charge on any atom is -0.494 e. The third kappa shape index (κ3) is 2.80. The lowest BCUT2D eigenvalue weighted by Gasteiger charge is -2.09. The molecule has 5 heteroatoms. The Hall–Kier alpha value is -2.40. The molecule has 3 rings (SSSR count). The fourth-order valence-electron chi connectivity index (χ4n) is 2.44. The molecule has 2 aromatic heterocycles. The molecule has 0 aliphatic carbocycles. The first-order valence-corrected chi connectivity index (χ1v) is 7.37. The number of hydrogen-bond donors (Lipinski definition) is 0. The van der Waals surface area contributed by atoms with E-state index in [0.717, 1.165) is 28.3 Å². The summed E-state index contributed by atoms with van der Waals surface area (Å²) in [6, 6.07) is 11.9. The number of rotatable bonds is 6. The lowest BCUT2D eigenvalue weighted by molar-refractivity contribution is 0.188.